The molecule has 1 aromatic carbocycles. The van der Waals surface area contributed by atoms with Gasteiger partial charge in [0, 0.05) is 6.20 Å². The van der Waals surface area contributed by atoms with E-state index in [0.29, 0.717) is 16.3 Å². The molecule has 5 nitrogen and oxygen atoms in total. The molecule has 3 rings (SSSR count). The van der Waals surface area contributed by atoms with Crippen LogP contribution < -0.4 is 9.44 Å². The van der Waals surface area contributed by atoms with E-state index in [1.807, 2.05) is 0 Å². The molecule has 0 spiro atoms. The van der Waals surface area contributed by atoms with E-state index < -0.39 is 28.4 Å². The molecule has 9 heteroatoms. The van der Waals surface area contributed by atoms with Gasteiger partial charge in [-0.05, 0) is 36.2 Å². The van der Waals surface area contributed by atoms with Gasteiger partial charge in [0.2, 0.25) is 0 Å². The van der Waals surface area contributed by atoms with Gasteiger partial charge in [0.25, 0.3) is 0 Å². The fourth-order valence-corrected chi connectivity index (χ4v) is 4.48. The molecule has 1 fully saturated rings. The van der Waals surface area contributed by atoms with Gasteiger partial charge >= 0.3 is 0 Å². The summed E-state index contributed by atoms with van der Waals surface area (Å²) in [4.78, 5) is 4.02. The van der Waals surface area contributed by atoms with E-state index in [4.69, 9.17) is 23.2 Å². The zero-order chi connectivity index (χ0) is 16.8. The Morgan fingerprint density at radius 1 is 1.26 bits per heavy atom. The Kier molecular flexibility index (Phi) is 4.31. The van der Waals surface area contributed by atoms with E-state index in [2.05, 4.69) is 14.4 Å². The second kappa shape index (κ2) is 5.86. The number of nitrogens with zero attached hydrogens (tertiary/aromatic N) is 1. The van der Waals surface area contributed by atoms with Crippen molar-refractivity contribution in [1.29, 1.82) is 0 Å². The summed E-state index contributed by atoms with van der Waals surface area (Å²) in [6.45, 7) is 1.77. The molecule has 0 radical (unpaired) electrons. The van der Waals surface area contributed by atoms with Gasteiger partial charge < -0.3 is 0 Å². The lowest BCUT2D eigenvalue weighted by atomic mass is 9.83. The number of pyridine rings is 1. The van der Waals surface area contributed by atoms with Crippen molar-refractivity contribution in [3.05, 3.63) is 63.6 Å². The highest BCUT2D eigenvalue weighted by atomic mass is 35.5. The molecule has 1 saturated heterocycles. The highest BCUT2D eigenvalue weighted by Crippen LogP contribution is 2.52. The van der Waals surface area contributed by atoms with Crippen molar-refractivity contribution < 1.29 is 13.5 Å². The molecule has 1 aliphatic heterocycles. The third-order valence-electron chi connectivity index (χ3n) is 3.82. The van der Waals surface area contributed by atoms with Crippen LogP contribution in [0, 0.1) is 5.82 Å². The first kappa shape index (κ1) is 16.9. The SMILES string of the molecule is CC1(c2ccc(Cl)nc2)NS(O)(O)NC1c1ccc(Cl)c(F)c1. The Morgan fingerprint density at radius 3 is 2.61 bits per heavy atom. The van der Waals surface area contributed by atoms with E-state index in [9.17, 15) is 13.5 Å². The number of benzene rings is 1. The summed E-state index contributed by atoms with van der Waals surface area (Å²) in [5.74, 6) is -0.578. The lowest BCUT2D eigenvalue weighted by Gasteiger charge is -2.31. The van der Waals surface area contributed by atoms with Crippen molar-refractivity contribution in [1.82, 2.24) is 14.4 Å². The van der Waals surface area contributed by atoms with Gasteiger partial charge in [0.15, 0.2) is 0 Å². The molecule has 124 valence electrons. The Hall–Kier alpha value is -0.930. The molecule has 23 heavy (non-hydrogen) atoms. The van der Waals surface area contributed by atoms with Gasteiger partial charge in [-0.3, -0.25) is 9.11 Å². The summed E-state index contributed by atoms with van der Waals surface area (Å²) in [6.07, 6.45) is 1.54. The average molecular weight is 378 g/mol. The first-order chi connectivity index (χ1) is 10.7. The summed E-state index contributed by atoms with van der Waals surface area (Å²) in [5, 5.41) is 0.324. The molecule has 2 unspecified atom stereocenters. The van der Waals surface area contributed by atoms with E-state index in [0.717, 1.165) is 0 Å². The van der Waals surface area contributed by atoms with Crippen LogP contribution in [0.25, 0.3) is 0 Å². The maximum atomic E-state index is 13.8. The largest absolute Gasteiger partial charge is 0.273 e. The Balaban J connectivity index is 2.08. The molecular formula is C14H14Cl2FN3O2S. The number of halogens is 3. The topological polar surface area (TPSA) is 77.4 Å². The zero-order valence-electron chi connectivity index (χ0n) is 11.9. The van der Waals surface area contributed by atoms with Crippen LogP contribution in [0.5, 0.6) is 0 Å². The van der Waals surface area contributed by atoms with Crippen molar-refractivity contribution in [2.75, 3.05) is 0 Å². The molecule has 2 atom stereocenters. The molecule has 0 amide bonds. The maximum Gasteiger partial charge on any atom is 0.142 e. The van der Waals surface area contributed by atoms with Crippen molar-refractivity contribution in [2.45, 2.75) is 18.5 Å². The standard InChI is InChI=1S/C14H14Cl2FN3O2S/c1-14(9-3-5-12(16)18-7-9)13(19-23(21,22)20-14)8-2-4-10(15)11(17)6-8/h2-7,13,19-22H,1H3. The van der Waals surface area contributed by atoms with Crippen LogP contribution in [0.1, 0.15) is 24.1 Å². The summed E-state index contributed by atoms with van der Waals surface area (Å²) in [7, 11) is -3.25. The Labute approximate surface area is 144 Å². The molecule has 0 aliphatic carbocycles. The molecule has 1 aliphatic rings. The molecule has 1 aromatic heterocycles. The summed E-state index contributed by atoms with van der Waals surface area (Å²) < 4.78 is 39.4. The second-order valence-corrected chi connectivity index (χ2v) is 7.78. The van der Waals surface area contributed by atoms with Crippen molar-refractivity contribution >= 4 is 34.2 Å². The molecule has 2 aromatic rings. The normalized spacial score (nSPS) is 27.8. The average Bonchev–Trinajstić information content (AvgIpc) is 2.73. The summed E-state index contributed by atoms with van der Waals surface area (Å²) >= 11 is 11.5. The molecule has 4 N–H and O–H groups in total. The van der Waals surface area contributed by atoms with Crippen LogP contribution in [0.4, 0.5) is 4.39 Å². The summed E-state index contributed by atoms with van der Waals surface area (Å²) in [6, 6.07) is 7.05. The van der Waals surface area contributed by atoms with Crippen LogP contribution >= 0.6 is 34.2 Å². The minimum absolute atomic E-state index is 0.00109. The Bertz CT molecular complexity index is 747. The van der Waals surface area contributed by atoms with E-state index >= 15 is 0 Å². The van der Waals surface area contributed by atoms with E-state index in [-0.39, 0.29) is 5.02 Å². The Morgan fingerprint density at radius 2 is 2.00 bits per heavy atom. The molecule has 0 saturated carbocycles. The highest BCUT2D eigenvalue weighted by Gasteiger charge is 2.48. The second-order valence-electron chi connectivity index (χ2n) is 5.45. The van der Waals surface area contributed by atoms with E-state index in [1.54, 1.807) is 25.1 Å². The third-order valence-corrected chi connectivity index (χ3v) is 5.62. The highest BCUT2D eigenvalue weighted by molar-refractivity contribution is 8.21. The van der Waals surface area contributed by atoms with Gasteiger partial charge in [0.05, 0.1) is 16.6 Å². The monoisotopic (exact) mass is 377 g/mol. The van der Waals surface area contributed by atoms with Crippen LogP contribution in [-0.4, -0.2) is 14.1 Å². The predicted molar refractivity (Wildman–Crippen MR) is 89.9 cm³/mol. The molecule has 2 heterocycles. The summed E-state index contributed by atoms with van der Waals surface area (Å²) in [5.41, 5.74) is 0.262. The van der Waals surface area contributed by atoms with Gasteiger partial charge in [-0.1, -0.05) is 46.3 Å². The van der Waals surface area contributed by atoms with Crippen molar-refractivity contribution in [2.24, 2.45) is 0 Å². The minimum atomic E-state index is -3.25. The van der Waals surface area contributed by atoms with Gasteiger partial charge in [-0.25, -0.2) is 9.37 Å². The quantitative estimate of drug-likeness (QED) is 0.588. The predicted octanol–water partition coefficient (Wildman–Crippen LogP) is 4.26. The number of nitrogens with one attached hydrogen (secondary N) is 2. The fraction of sp³-hybridized carbons (Fsp3) is 0.214. The van der Waals surface area contributed by atoms with Crippen molar-refractivity contribution in [3.8, 4) is 0 Å². The lowest BCUT2D eigenvalue weighted by Crippen LogP contribution is -2.38. The number of rotatable bonds is 2. The molecule has 0 bridgehead atoms. The van der Waals surface area contributed by atoms with Gasteiger partial charge in [-0.2, -0.15) is 9.44 Å². The zero-order valence-corrected chi connectivity index (χ0v) is 14.3. The smallest absolute Gasteiger partial charge is 0.142 e. The first-order valence-electron chi connectivity index (χ1n) is 6.63. The van der Waals surface area contributed by atoms with E-state index in [1.165, 1.54) is 18.3 Å². The molecular weight excluding hydrogens is 364 g/mol. The number of hydrogen-bond acceptors (Lipinski definition) is 5. The van der Waals surface area contributed by atoms with Crippen LogP contribution in [0.15, 0.2) is 36.5 Å². The maximum absolute atomic E-state index is 13.8. The number of hydrogen-bond donors (Lipinski definition) is 4. The number of aromatic nitrogens is 1. The fourth-order valence-electron chi connectivity index (χ4n) is 2.67. The van der Waals surface area contributed by atoms with Gasteiger partial charge in [0.1, 0.15) is 11.0 Å². The van der Waals surface area contributed by atoms with Gasteiger partial charge in [-0.15, -0.1) is 0 Å². The van der Waals surface area contributed by atoms with Crippen LogP contribution in [0.2, 0.25) is 10.2 Å². The lowest BCUT2D eigenvalue weighted by molar-refractivity contribution is 0.375. The first-order valence-corrected chi connectivity index (χ1v) is 8.93. The minimum Gasteiger partial charge on any atom is -0.273 e. The third kappa shape index (κ3) is 3.18. The van der Waals surface area contributed by atoms with Crippen molar-refractivity contribution in [3.63, 3.8) is 0 Å². The van der Waals surface area contributed by atoms with Crippen LogP contribution in [-0.2, 0) is 5.54 Å². The van der Waals surface area contributed by atoms with Crippen LogP contribution in [0.3, 0.4) is 0 Å².